The van der Waals surface area contributed by atoms with Gasteiger partial charge in [-0.1, -0.05) is 76.3 Å². The second-order valence-corrected chi connectivity index (χ2v) is 16.2. The molecule has 284 valence electrons. The highest BCUT2D eigenvalue weighted by Crippen LogP contribution is 2.34. The Morgan fingerprint density at radius 2 is 1.78 bits per heavy atom. The number of nitrogens with zero attached hydrogens (tertiary/aromatic N) is 2. The van der Waals surface area contributed by atoms with Crippen LogP contribution in [0.3, 0.4) is 0 Å². The van der Waals surface area contributed by atoms with Gasteiger partial charge in [-0.05, 0) is 63.9 Å². The summed E-state index contributed by atoms with van der Waals surface area (Å²) in [5.41, 5.74) is 6.28. The Morgan fingerprint density at radius 1 is 1.10 bits per heavy atom. The van der Waals surface area contributed by atoms with Crippen LogP contribution in [0.25, 0.3) is 0 Å². The van der Waals surface area contributed by atoms with E-state index in [1.807, 2.05) is 44.2 Å². The Kier molecular flexibility index (Phi) is 16.7. The van der Waals surface area contributed by atoms with Crippen LogP contribution in [0.1, 0.15) is 104 Å². The quantitative estimate of drug-likeness (QED) is 0.0878. The molecule has 3 amide bonds. The molecule has 1 aliphatic carbocycles. The van der Waals surface area contributed by atoms with E-state index in [0.29, 0.717) is 31.4 Å². The van der Waals surface area contributed by atoms with E-state index in [4.69, 9.17) is 19.7 Å². The average Bonchev–Trinajstić information content (AvgIpc) is 3.47. The molecular weight excluding hydrogens is 673 g/mol. The van der Waals surface area contributed by atoms with Crippen LogP contribution in [0.5, 0.6) is 0 Å². The third-order valence-electron chi connectivity index (χ3n) is 8.78. The predicted octanol–water partition coefficient (Wildman–Crippen LogP) is 6.43. The van der Waals surface area contributed by atoms with Crippen LogP contribution in [-0.2, 0) is 45.8 Å². The van der Waals surface area contributed by atoms with Crippen LogP contribution in [0.2, 0.25) is 0 Å². The summed E-state index contributed by atoms with van der Waals surface area (Å²) < 4.78 is 30.2. The van der Waals surface area contributed by atoms with Crippen LogP contribution < -0.4 is 11.1 Å². The summed E-state index contributed by atoms with van der Waals surface area (Å²) in [7, 11) is -1.55. The number of imidazole rings is 1. The van der Waals surface area contributed by atoms with Gasteiger partial charge in [-0.2, -0.15) is 0 Å². The van der Waals surface area contributed by atoms with E-state index >= 15 is 0 Å². The number of rotatable bonds is 18. The fraction of sp³-hybridized carbons (Fsp3) is 0.649. The smallest absolute Gasteiger partial charge is 0.417 e. The molecular formula is C37H58N5O8P. The van der Waals surface area contributed by atoms with Crippen molar-refractivity contribution in [3.63, 3.8) is 0 Å². The van der Waals surface area contributed by atoms with Crippen molar-refractivity contribution in [2.45, 2.75) is 123 Å². The molecule has 13 nitrogen and oxygen atoms in total. The molecule has 4 N–H and O–H groups in total. The maximum absolute atomic E-state index is 14.4. The van der Waals surface area contributed by atoms with Gasteiger partial charge in [0.25, 0.3) is 0 Å². The number of hydrogen-bond acceptors (Lipinski definition) is 10. The topological polar surface area (TPSA) is 183 Å². The van der Waals surface area contributed by atoms with Crippen molar-refractivity contribution >= 4 is 37.9 Å². The lowest BCUT2D eigenvalue weighted by molar-refractivity contribution is -0.145. The number of imide groups is 1. The summed E-state index contributed by atoms with van der Waals surface area (Å²) in [6.45, 7) is 8.97. The molecule has 1 fully saturated rings. The number of nitrogens with two attached hydrogens (primary N) is 1. The molecule has 3 rings (SSSR count). The highest BCUT2D eigenvalue weighted by molar-refractivity contribution is 7.39. The molecule has 1 aliphatic rings. The Balaban J connectivity index is 1.92. The van der Waals surface area contributed by atoms with Crippen LogP contribution in [0, 0.1) is 17.8 Å². The number of aryl methyl sites for hydroxylation is 1. The molecule has 0 radical (unpaired) electrons. The predicted molar refractivity (Wildman–Crippen MR) is 196 cm³/mol. The number of amides is 3. The third kappa shape index (κ3) is 14.8. The summed E-state index contributed by atoms with van der Waals surface area (Å²) >= 11 is 0. The number of aromatic nitrogens is 2. The van der Waals surface area contributed by atoms with Crippen molar-refractivity contribution in [1.82, 2.24) is 20.2 Å². The fourth-order valence-corrected chi connectivity index (χ4v) is 7.73. The van der Waals surface area contributed by atoms with Crippen molar-refractivity contribution < 1.29 is 37.7 Å². The maximum Gasteiger partial charge on any atom is 0.417 e. The molecule has 1 aromatic heterocycles. The van der Waals surface area contributed by atoms with E-state index in [2.05, 4.69) is 15.3 Å². The Hall–Kier alpha value is -3.70. The number of methoxy groups -OCH3 is 1. The number of ether oxygens (including phenoxy) is 2. The largest absolute Gasteiger partial charge is 0.469 e. The number of carbonyl (C=O) groups excluding carboxylic acids is 4. The Bertz CT molecular complexity index is 1440. The number of H-pyrrole nitrogens is 1. The Morgan fingerprint density at radius 3 is 2.37 bits per heavy atom. The fourth-order valence-electron chi connectivity index (χ4n) is 6.43. The number of nitrogen functional groups attached to an aromatic ring is 1. The number of hydrogen-bond donors (Lipinski definition) is 3. The minimum absolute atomic E-state index is 0.0267. The minimum Gasteiger partial charge on any atom is -0.469 e. The molecule has 1 heterocycles. The molecule has 0 aliphatic heterocycles. The van der Waals surface area contributed by atoms with E-state index in [1.54, 1.807) is 20.8 Å². The number of nitrogens with one attached hydrogen (secondary N) is 2. The van der Waals surface area contributed by atoms with Crippen molar-refractivity contribution in [3.05, 3.63) is 47.8 Å². The number of aromatic amines is 1. The molecule has 0 saturated heterocycles. The molecule has 0 bridgehead atoms. The van der Waals surface area contributed by atoms with E-state index in [9.17, 15) is 23.7 Å². The molecule has 4 atom stereocenters. The van der Waals surface area contributed by atoms with Gasteiger partial charge in [0.2, 0.25) is 11.8 Å². The van der Waals surface area contributed by atoms with E-state index < -0.39 is 55.7 Å². The van der Waals surface area contributed by atoms with Gasteiger partial charge in [-0.15, -0.1) is 0 Å². The summed E-state index contributed by atoms with van der Waals surface area (Å²) in [4.78, 5) is 62.5. The number of carbonyl (C=O) groups is 4. The standard InChI is InChI=1S/C37H58N5O8P/c1-25(2)20-28(34(45)48-6)24-51(47)50-31(21-27-16-11-8-12-17-27)41-33(44)30(22-29-23-39-35(38)40-29)42(36(46)49-37(3,4)5)32(43)19-13-18-26-14-9-7-10-15-26/h7,9-10,14-15,23,25,27-28,30-31,51H,8,11-13,16-22,24H2,1-6H3,(H,41,44)(H3,38,39,40)/t28?,30-,31?/m0/s1. The van der Waals surface area contributed by atoms with Gasteiger partial charge < -0.3 is 30.0 Å². The highest BCUT2D eigenvalue weighted by Gasteiger charge is 2.39. The first-order chi connectivity index (χ1) is 24.1. The van der Waals surface area contributed by atoms with Crippen molar-refractivity contribution in [3.8, 4) is 0 Å². The van der Waals surface area contributed by atoms with E-state index in [0.717, 1.165) is 42.6 Å². The first-order valence-electron chi connectivity index (χ1n) is 18.1. The van der Waals surface area contributed by atoms with Crippen molar-refractivity contribution in [1.29, 1.82) is 0 Å². The first kappa shape index (κ1) is 41.7. The second kappa shape index (κ2) is 20.4. The summed E-state index contributed by atoms with van der Waals surface area (Å²) in [5.74, 6) is -1.89. The maximum atomic E-state index is 14.4. The van der Waals surface area contributed by atoms with Crippen LogP contribution in [0.15, 0.2) is 36.5 Å². The van der Waals surface area contributed by atoms with E-state index in [1.165, 1.54) is 13.3 Å². The van der Waals surface area contributed by atoms with Crippen LogP contribution >= 0.6 is 8.03 Å². The van der Waals surface area contributed by atoms with Gasteiger partial charge in [0.1, 0.15) is 17.9 Å². The monoisotopic (exact) mass is 731 g/mol. The average molecular weight is 732 g/mol. The lowest BCUT2D eigenvalue weighted by Gasteiger charge is -2.33. The lowest BCUT2D eigenvalue weighted by atomic mass is 9.86. The SMILES string of the molecule is COC(=O)C(CC(C)C)C[PH](=O)OC(CC1CCCCC1)NC(=O)[C@H](Cc1c[nH]c(N)n1)N(C(=O)CCCc1ccccc1)C(=O)OC(C)(C)C. The van der Waals surface area contributed by atoms with Crippen molar-refractivity contribution in [2.24, 2.45) is 17.8 Å². The Labute approximate surface area is 303 Å². The molecule has 0 spiro atoms. The van der Waals surface area contributed by atoms with Crippen LogP contribution in [0.4, 0.5) is 10.7 Å². The van der Waals surface area contributed by atoms with Gasteiger partial charge in [-0.25, -0.2) is 14.7 Å². The summed E-state index contributed by atoms with van der Waals surface area (Å²) in [6, 6.07) is 8.27. The number of anilines is 1. The lowest BCUT2D eigenvalue weighted by Crippen LogP contribution is -2.56. The van der Waals surface area contributed by atoms with Gasteiger partial charge in [0.15, 0.2) is 14.0 Å². The second-order valence-electron chi connectivity index (χ2n) is 14.9. The van der Waals surface area contributed by atoms with Crippen LogP contribution in [-0.4, -0.2) is 69.9 Å². The summed E-state index contributed by atoms with van der Waals surface area (Å²) in [6.07, 6.45) is 6.24. The minimum atomic E-state index is -2.85. The van der Waals surface area contributed by atoms with Crippen molar-refractivity contribution in [2.75, 3.05) is 19.0 Å². The molecule has 1 saturated carbocycles. The number of esters is 1. The molecule has 1 aromatic carbocycles. The zero-order valence-electron chi connectivity index (χ0n) is 31.1. The third-order valence-corrected chi connectivity index (χ3v) is 10.2. The van der Waals surface area contributed by atoms with Gasteiger partial charge in [0, 0.05) is 25.2 Å². The summed E-state index contributed by atoms with van der Waals surface area (Å²) in [5, 5.41) is 2.89. The first-order valence-corrected chi connectivity index (χ1v) is 19.6. The van der Waals surface area contributed by atoms with E-state index in [-0.39, 0.29) is 36.8 Å². The molecule has 2 aromatic rings. The zero-order valence-corrected chi connectivity index (χ0v) is 32.1. The molecule has 3 unspecified atom stereocenters. The van der Waals surface area contributed by atoms with Gasteiger partial charge in [0.05, 0.1) is 18.7 Å². The zero-order chi connectivity index (χ0) is 37.6. The highest BCUT2D eigenvalue weighted by atomic mass is 31.1. The van der Waals surface area contributed by atoms with Gasteiger partial charge in [-0.3, -0.25) is 18.9 Å². The number of benzene rings is 1. The van der Waals surface area contributed by atoms with Gasteiger partial charge >= 0.3 is 12.1 Å². The molecule has 51 heavy (non-hydrogen) atoms. The normalized spacial score (nSPS) is 16.1. The molecule has 14 heteroatoms.